The lowest BCUT2D eigenvalue weighted by Gasteiger charge is -2.18. The van der Waals surface area contributed by atoms with Crippen molar-refractivity contribution in [3.05, 3.63) is 18.2 Å². The lowest BCUT2D eigenvalue weighted by Crippen LogP contribution is -2.34. The molecule has 0 heterocycles. The highest BCUT2D eigenvalue weighted by atomic mass is 32.1. The zero-order chi connectivity index (χ0) is 15.3. The van der Waals surface area contributed by atoms with Crippen molar-refractivity contribution in [2.24, 2.45) is 0 Å². The van der Waals surface area contributed by atoms with Gasteiger partial charge in [0.25, 0.3) is 0 Å². The van der Waals surface area contributed by atoms with Crippen molar-refractivity contribution in [2.45, 2.75) is 6.36 Å². The van der Waals surface area contributed by atoms with E-state index >= 15 is 0 Å². The van der Waals surface area contributed by atoms with Crippen LogP contribution in [0.25, 0.3) is 0 Å². The SMILES string of the molecule is C#CCNC(=O)N(S)c1ccc(OC(F)(F)F)cc1N. The quantitative estimate of drug-likeness (QED) is 0.455. The number of nitrogens with two attached hydrogens (primary N) is 1. The third-order valence-electron chi connectivity index (χ3n) is 1.99. The highest BCUT2D eigenvalue weighted by Gasteiger charge is 2.31. The molecule has 5 nitrogen and oxygen atoms in total. The van der Waals surface area contributed by atoms with Crippen molar-refractivity contribution in [3.63, 3.8) is 0 Å². The molecule has 9 heteroatoms. The van der Waals surface area contributed by atoms with Crippen LogP contribution < -0.4 is 20.1 Å². The number of thiol groups is 1. The molecule has 1 rings (SSSR count). The van der Waals surface area contributed by atoms with Crippen LogP contribution in [0.1, 0.15) is 0 Å². The lowest BCUT2D eigenvalue weighted by atomic mass is 10.2. The minimum absolute atomic E-state index is 0.0228. The zero-order valence-electron chi connectivity index (χ0n) is 9.94. The van der Waals surface area contributed by atoms with Gasteiger partial charge < -0.3 is 15.8 Å². The molecule has 0 atom stereocenters. The van der Waals surface area contributed by atoms with Crippen LogP contribution in [0.2, 0.25) is 0 Å². The monoisotopic (exact) mass is 305 g/mol. The molecule has 1 aromatic carbocycles. The van der Waals surface area contributed by atoms with Crippen molar-refractivity contribution in [1.29, 1.82) is 0 Å². The number of urea groups is 1. The smallest absolute Gasteiger partial charge is 0.406 e. The van der Waals surface area contributed by atoms with Gasteiger partial charge in [-0.3, -0.25) is 0 Å². The standard InChI is InChI=1S/C11H10F3N3O2S/c1-2-5-16-10(18)17(20)9-4-3-7(6-8(9)15)19-11(12,13)14/h1,3-4,6,20H,5,15H2,(H,16,18). The van der Waals surface area contributed by atoms with Crippen LogP contribution in [0.4, 0.5) is 29.3 Å². The van der Waals surface area contributed by atoms with E-state index in [2.05, 4.69) is 28.8 Å². The lowest BCUT2D eigenvalue weighted by molar-refractivity contribution is -0.274. The molecule has 0 aliphatic carbocycles. The largest absolute Gasteiger partial charge is 0.573 e. The average molecular weight is 305 g/mol. The van der Waals surface area contributed by atoms with E-state index in [9.17, 15) is 18.0 Å². The molecule has 0 spiro atoms. The van der Waals surface area contributed by atoms with Crippen LogP contribution in [0, 0.1) is 12.3 Å². The minimum atomic E-state index is -4.82. The number of anilines is 2. The summed E-state index contributed by atoms with van der Waals surface area (Å²) in [5.41, 5.74) is 5.53. The summed E-state index contributed by atoms with van der Waals surface area (Å²) in [6.45, 7) is -0.0228. The van der Waals surface area contributed by atoms with Gasteiger partial charge in [-0.05, 0) is 12.1 Å². The Hall–Kier alpha value is -2.21. The molecular formula is C11H10F3N3O2S. The fourth-order valence-electron chi connectivity index (χ4n) is 1.23. The number of alkyl halides is 3. The van der Waals surface area contributed by atoms with Gasteiger partial charge in [-0.2, -0.15) is 0 Å². The topological polar surface area (TPSA) is 67.6 Å². The number of terminal acetylenes is 1. The van der Waals surface area contributed by atoms with Crippen LogP contribution in [0.5, 0.6) is 5.75 Å². The van der Waals surface area contributed by atoms with Crippen LogP contribution in [0.3, 0.4) is 0 Å². The number of hydrogen-bond donors (Lipinski definition) is 3. The Morgan fingerprint density at radius 2 is 2.20 bits per heavy atom. The van der Waals surface area contributed by atoms with E-state index in [-0.39, 0.29) is 17.9 Å². The molecule has 1 aromatic rings. The van der Waals surface area contributed by atoms with E-state index in [1.807, 2.05) is 0 Å². The first-order chi connectivity index (χ1) is 9.24. The predicted molar refractivity (Wildman–Crippen MR) is 71.2 cm³/mol. The highest BCUT2D eigenvalue weighted by molar-refractivity contribution is 7.82. The summed E-state index contributed by atoms with van der Waals surface area (Å²) < 4.78 is 40.6. The van der Waals surface area contributed by atoms with Crippen LogP contribution >= 0.6 is 12.8 Å². The molecule has 2 amide bonds. The third-order valence-corrected chi connectivity index (χ3v) is 2.39. The molecule has 108 valence electrons. The molecule has 0 saturated heterocycles. The number of nitrogens with one attached hydrogen (secondary N) is 1. The maximum Gasteiger partial charge on any atom is 0.573 e. The van der Waals surface area contributed by atoms with Crippen molar-refractivity contribution in [3.8, 4) is 18.1 Å². The van der Waals surface area contributed by atoms with Gasteiger partial charge in [-0.15, -0.1) is 19.6 Å². The second-order valence-corrected chi connectivity index (χ2v) is 3.84. The van der Waals surface area contributed by atoms with E-state index in [0.717, 1.165) is 16.4 Å². The van der Waals surface area contributed by atoms with Crippen molar-refractivity contribution >= 4 is 30.2 Å². The number of nitrogens with zero attached hydrogens (tertiary/aromatic N) is 1. The number of hydrogen-bond acceptors (Lipinski definition) is 4. The maximum atomic E-state index is 12.0. The molecule has 3 N–H and O–H groups in total. The number of amides is 2. The average Bonchev–Trinajstić information content (AvgIpc) is 2.33. The number of halogens is 3. The van der Waals surface area contributed by atoms with E-state index in [4.69, 9.17) is 12.2 Å². The second-order valence-electron chi connectivity index (χ2n) is 3.44. The number of nitrogen functional groups attached to an aromatic ring is 1. The normalized spacial score (nSPS) is 10.6. The Morgan fingerprint density at radius 1 is 1.55 bits per heavy atom. The van der Waals surface area contributed by atoms with Gasteiger partial charge in [0.15, 0.2) is 0 Å². The van der Waals surface area contributed by atoms with E-state index in [1.54, 1.807) is 0 Å². The fraction of sp³-hybridized carbons (Fsp3) is 0.182. The van der Waals surface area contributed by atoms with Gasteiger partial charge in [-0.25, -0.2) is 9.10 Å². The molecule has 0 fully saturated rings. The third kappa shape index (κ3) is 4.47. The number of rotatable bonds is 3. The minimum Gasteiger partial charge on any atom is -0.406 e. The van der Waals surface area contributed by atoms with Crippen LogP contribution in [-0.2, 0) is 0 Å². The summed E-state index contributed by atoms with van der Waals surface area (Å²) >= 11 is 3.89. The highest BCUT2D eigenvalue weighted by Crippen LogP contribution is 2.31. The summed E-state index contributed by atoms with van der Waals surface area (Å²) in [6, 6.07) is 2.44. The van der Waals surface area contributed by atoms with E-state index < -0.39 is 18.1 Å². The van der Waals surface area contributed by atoms with Gasteiger partial charge >= 0.3 is 12.4 Å². The summed E-state index contributed by atoms with van der Waals surface area (Å²) in [4.78, 5) is 11.5. The first-order valence-corrected chi connectivity index (χ1v) is 5.50. The summed E-state index contributed by atoms with van der Waals surface area (Å²) in [5.74, 6) is 1.69. The van der Waals surface area contributed by atoms with Crippen molar-refractivity contribution in [2.75, 3.05) is 16.6 Å². The Bertz CT molecular complexity index is 543. The first kappa shape index (κ1) is 15.8. The number of carbonyl (C=O) groups is 1. The molecule has 0 aliphatic heterocycles. The summed E-state index contributed by atoms with van der Waals surface area (Å²) in [7, 11) is 0. The van der Waals surface area contributed by atoms with Gasteiger partial charge in [0.1, 0.15) is 5.75 Å². The number of benzene rings is 1. The van der Waals surface area contributed by atoms with Crippen LogP contribution in [0.15, 0.2) is 18.2 Å². The van der Waals surface area contributed by atoms with Gasteiger partial charge in [-0.1, -0.05) is 18.7 Å². The first-order valence-electron chi connectivity index (χ1n) is 5.10. The Morgan fingerprint density at radius 3 is 2.70 bits per heavy atom. The molecule has 20 heavy (non-hydrogen) atoms. The fourth-order valence-corrected chi connectivity index (χ4v) is 1.49. The van der Waals surface area contributed by atoms with Crippen molar-refractivity contribution < 1.29 is 22.7 Å². The van der Waals surface area contributed by atoms with Gasteiger partial charge in [0, 0.05) is 6.07 Å². The van der Waals surface area contributed by atoms with Crippen LogP contribution in [-0.4, -0.2) is 18.9 Å². The predicted octanol–water partition coefficient (Wildman–Crippen LogP) is 2.16. The Kier molecular flexibility index (Phi) is 4.99. The van der Waals surface area contributed by atoms with Gasteiger partial charge in [0.2, 0.25) is 0 Å². The molecular weight excluding hydrogens is 295 g/mol. The maximum absolute atomic E-state index is 12.0. The van der Waals surface area contributed by atoms with Crippen molar-refractivity contribution in [1.82, 2.24) is 5.32 Å². The zero-order valence-corrected chi connectivity index (χ0v) is 10.8. The number of ether oxygens (including phenoxy) is 1. The molecule has 0 saturated carbocycles. The van der Waals surface area contributed by atoms with Gasteiger partial charge in [0.05, 0.1) is 17.9 Å². The summed E-state index contributed by atoms with van der Waals surface area (Å²) in [6.07, 6.45) is 0.148. The second kappa shape index (κ2) is 6.29. The number of carbonyl (C=O) groups excluding carboxylic acids is 1. The summed E-state index contributed by atoms with van der Waals surface area (Å²) in [5, 5.41) is 2.32. The van der Waals surface area contributed by atoms with E-state index in [1.165, 1.54) is 6.07 Å². The Balaban J connectivity index is 2.88. The molecule has 0 unspecified atom stereocenters. The molecule has 0 radical (unpaired) electrons. The van der Waals surface area contributed by atoms with E-state index in [0.29, 0.717) is 0 Å². The molecule has 0 aromatic heterocycles. The Labute approximate surface area is 118 Å². The molecule has 0 bridgehead atoms. The molecule has 0 aliphatic rings.